The van der Waals surface area contributed by atoms with Gasteiger partial charge in [0.1, 0.15) is 6.54 Å². The van der Waals surface area contributed by atoms with Gasteiger partial charge in [-0.25, -0.2) is 0 Å². The number of nitrogens with zero attached hydrogens (tertiary/aromatic N) is 1. The number of aliphatic hydroxyl groups excluding tert-OH is 1. The number of carbonyl (C=O) groups excluding carboxylic acids is 2. The number of hydrogen-bond acceptors (Lipinski definition) is 5. The minimum Gasteiger partial charge on any atom is -0.742 e. The van der Waals surface area contributed by atoms with E-state index in [4.69, 9.17) is 9.84 Å². The molecule has 0 aliphatic rings. The normalized spacial score (nSPS) is 13.2. The molecule has 6 heteroatoms. The minimum atomic E-state index is -0.480. The van der Waals surface area contributed by atoms with Crippen LogP contribution in [0.2, 0.25) is 0 Å². The molecule has 1 atom stereocenters. The van der Waals surface area contributed by atoms with E-state index in [-0.39, 0.29) is 19.4 Å². The third kappa shape index (κ3) is 10.2. The van der Waals surface area contributed by atoms with Crippen molar-refractivity contribution in [3.8, 4) is 0 Å². The van der Waals surface area contributed by atoms with Crippen LogP contribution in [0.25, 0.3) is 0 Å². The van der Waals surface area contributed by atoms with Gasteiger partial charge in [-0.15, -0.1) is 0 Å². The first-order valence-corrected chi connectivity index (χ1v) is 5.96. The molecule has 0 amide bonds. The van der Waals surface area contributed by atoms with E-state index in [1.54, 1.807) is 0 Å². The Labute approximate surface area is 108 Å². The van der Waals surface area contributed by atoms with Gasteiger partial charge in [0.15, 0.2) is 6.10 Å². The van der Waals surface area contributed by atoms with Crippen molar-refractivity contribution in [3.05, 3.63) is 0 Å². The third-order valence-electron chi connectivity index (χ3n) is 1.98. The summed E-state index contributed by atoms with van der Waals surface area (Å²) in [4.78, 5) is 22.3. The van der Waals surface area contributed by atoms with Gasteiger partial charge in [0.05, 0.1) is 21.1 Å². The second-order valence-electron chi connectivity index (χ2n) is 4.99. The number of quaternary nitrogens is 1. The highest BCUT2D eigenvalue weighted by Gasteiger charge is 2.21. The minimum absolute atomic E-state index is 0.0466. The molecule has 0 spiro atoms. The van der Waals surface area contributed by atoms with Crippen LogP contribution in [0.1, 0.15) is 19.3 Å². The fourth-order valence-corrected chi connectivity index (χ4v) is 1.59. The average Bonchev–Trinajstić information content (AvgIpc) is 2.10. The molecule has 0 saturated carbocycles. The van der Waals surface area contributed by atoms with Gasteiger partial charge in [-0.2, -0.15) is 0 Å². The van der Waals surface area contributed by atoms with Crippen LogP contribution in [-0.4, -0.2) is 61.1 Å². The van der Waals surface area contributed by atoms with Gasteiger partial charge >= 0.3 is 5.97 Å². The van der Waals surface area contributed by atoms with Crippen molar-refractivity contribution in [2.75, 3.05) is 34.3 Å². The van der Waals surface area contributed by atoms with E-state index in [9.17, 15) is 9.59 Å². The molecule has 5 nitrogen and oxygen atoms in total. The lowest BCUT2D eigenvalue weighted by Crippen LogP contribution is -2.43. The summed E-state index contributed by atoms with van der Waals surface area (Å²) in [5.41, 5.74) is 0. The highest BCUT2D eigenvalue weighted by Crippen LogP contribution is 2.07. The van der Waals surface area contributed by atoms with Crippen molar-refractivity contribution >= 4 is 23.7 Å². The zero-order valence-corrected chi connectivity index (χ0v) is 11.5. The third-order valence-corrected chi connectivity index (χ3v) is 2.15. The van der Waals surface area contributed by atoms with Gasteiger partial charge < -0.3 is 31.7 Å². The molecule has 0 fully saturated rings. The quantitative estimate of drug-likeness (QED) is 0.374. The van der Waals surface area contributed by atoms with E-state index in [0.717, 1.165) is 0 Å². The highest BCUT2D eigenvalue weighted by atomic mass is 32.1. The van der Waals surface area contributed by atoms with E-state index >= 15 is 0 Å². The maximum Gasteiger partial charge on any atom is 0.306 e. The van der Waals surface area contributed by atoms with E-state index in [1.807, 2.05) is 21.1 Å². The van der Waals surface area contributed by atoms with Gasteiger partial charge in [0.25, 0.3) is 0 Å². The molecule has 0 heterocycles. The van der Waals surface area contributed by atoms with Crippen molar-refractivity contribution in [1.82, 2.24) is 0 Å². The van der Waals surface area contributed by atoms with Crippen LogP contribution in [0.3, 0.4) is 0 Å². The van der Waals surface area contributed by atoms with Crippen molar-refractivity contribution in [2.24, 2.45) is 0 Å². The Kier molecular flexibility index (Phi) is 7.26. The van der Waals surface area contributed by atoms with Crippen LogP contribution in [0, 0.1) is 0 Å². The molecule has 0 aliphatic carbocycles. The summed E-state index contributed by atoms with van der Waals surface area (Å²) in [7, 11) is 5.84. The molecule has 1 N–H and O–H groups in total. The fourth-order valence-electron chi connectivity index (χ4n) is 1.41. The number of ether oxygens (including phenoxy) is 1. The Morgan fingerprint density at radius 3 is 2.35 bits per heavy atom. The van der Waals surface area contributed by atoms with E-state index in [0.29, 0.717) is 17.4 Å². The predicted octanol–water partition coefficient (Wildman–Crippen LogP) is -0.159. The van der Waals surface area contributed by atoms with Gasteiger partial charge in [-0.1, -0.05) is 0 Å². The molecular weight excluding hydrogens is 242 g/mol. The SMILES string of the molecule is C[N+](C)(C)CC(CC(=O)[S-])OC(=O)CCCO. The molecule has 0 aliphatic heterocycles. The maximum atomic E-state index is 11.4. The lowest BCUT2D eigenvalue weighted by atomic mass is 10.2. The number of likely N-dealkylation sites (N-methyl/N-ethyl adjacent to an activating group) is 1. The Balaban J connectivity index is 4.28. The second kappa shape index (κ2) is 7.58. The summed E-state index contributed by atoms with van der Waals surface area (Å²) in [6, 6.07) is 0. The predicted molar refractivity (Wildman–Crippen MR) is 66.1 cm³/mol. The monoisotopic (exact) mass is 263 g/mol. The summed E-state index contributed by atoms with van der Waals surface area (Å²) < 4.78 is 5.77. The summed E-state index contributed by atoms with van der Waals surface area (Å²) >= 11 is 4.51. The number of esters is 1. The first kappa shape index (κ1) is 16.3. The average molecular weight is 263 g/mol. The van der Waals surface area contributed by atoms with Crippen molar-refractivity contribution < 1.29 is 23.9 Å². The maximum absolute atomic E-state index is 11.4. The van der Waals surface area contributed by atoms with Gasteiger partial charge in [0, 0.05) is 24.6 Å². The molecule has 100 valence electrons. The Morgan fingerprint density at radius 1 is 1.35 bits per heavy atom. The van der Waals surface area contributed by atoms with Crippen molar-refractivity contribution in [2.45, 2.75) is 25.4 Å². The lowest BCUT2D eigenvalue weighted by molar-refractivity contribution is -0.873. The van der Waals surface area contributed by atoms with E-state index in [1.165, 1.54) is 0 Å². The molecule has 0 aromatic heterocycles. The Bertz CT molecular complexity index is 263. The van der Waals surface area contributed by atoms with Crippen molar-refractivity contribution in [3.63, 3.8) is 0 Å². The Morgan fingerprint density at radius 2 is 1.94 bits per heavy atom. The lowest BCUT2D eigenvalue weighted by Gasteiger charge is -2.29. The molecule has 17 heavy (non-hydrogen) atoms. The van der Waals surface area contributed by atoms with E-state index < -0.39 is 17.2 Å². The fraction of sp³-hybridized carbons (Fsp3) is 0.818. The molecular formula is C11H21NO4S. The first-order valence-electron chi connectivity index (χ1n) is 5.55. The Hall–Kier alpha value is -0.720. The standard InChI is InChI=1S/C11H21NO4S/c1-12(2,3)8-9(7-11(15)17)16-10(14)5-4-6-13/h9,13H,4-8H2,1-3H3. The second-order valence-corrected chi connectivity index (χ2v) is 5.44. The number of aliphatic hydroxyl groups is 1. The molecule has 0 rings (SSSR count). The zero-order valence-electron chi connectivity index (χ0n) is 10.6. The number of rotatable bonds is 8. The smallest absolute Gasteiger partial charge is 0.306 e. The topological polar surface area (TPSA) is 63.6 Å². The van der Waals surface area contributed by atoms with Crippen LogP contribution in [0.4, 0.5) is 0 Å². The highest BCUT2D eigenvalue weighted by molar-refractivity contribution is 7.77. The summed E-state index contributed by atoms with van der Waals surface area (Å²) in [5, 5.41) is 8.20. The molecule has 1 unspecified atom stereocenters. The molecule has 0 bridgehead atoms. The van der Waals surface area contributed by atoms with Crippen molar-refractivity contribution in [1.29, 1.82) is 0 Å². The molecule has 0 aromatic carbocycles. The van der Waals surface area contributed by atoms with Gasteiger partial charge in [-0.3, -0.25) is 4.79 Å². The van der Waals surface area contributed by atoms with Gasteiger partial charge in [-0.05, 0) is 6.42 Å². The molecule has 0 radical (unpaired) electrons. The van der Waals surface area contributed by atoms with Gasteiger partial charge in [0.2, 0.25) is 0 Å². The number of carbonyl (C=O) groups is 2. The van der Waals surface area contributed by atoms with Crippen LogP contribution in [0.15, 0.2) is 0 Å². The molecule has 0 saturated heterocycles. The van der Waals surface area contributed by atoms with Crippen LogP contribution in [0.5, 0.6) is 0 Å². The number of hydrogen-bond donors (Lipinski definition) is 1. The molecule has 0 aromatic rings. The largest absolute Gasteiger partial charge is 0.742 e. The van der Waals surface area contributed by atoms with Crippen LogP contribution in [-0.2, 0) is 27.0 Å². The van der Waals surface area contributed by atoms with Crippen LogP contribution < -0.4 is 0 Å². The summed E-state index contributed by atoms with van der Waals surface area (Å²) in [6.45, 7) is 0.488. The summed E-state index contributed by atoms with van der Waals surface area (Å²) in [6.07, 6.45) is 0.120. The van der Waals surface area contributed by atoms with E-state index in [2.05, 4.69) is 12.6 Å². The zero-order chi connectivity index (χ0) is 13.5. The first-order chi connectivity index (χ1) is 7.74. The summed E-state index contributed by atoms with van der Waals surface area (Å²) in [5.74, 6) is -0.395. The van der Waals surface area contributed by atoms with Crippen LogP contribution >= 0.6 is 0 Å².